The van der Waals surface area contributed by atoms with Crippen molar-refractivity contribution in [2.24, 2.45) is 4.99 Å². The van der Waals surface area contributed by atoms with Crippen LogP contribution in [0.5, 0.6) is 0 Å². The molecule has 0 unspecified atom stereocenters. The molecule has 33 heavy (non-hydrogen) atoms. The van der Waals surface area contributed by atoms with Crippen LogP contribution in [0.25, 0.3) is 0 Å². The van der Waals surface area contributed by atoms with Gasteiger partial charge < -0.3 is 20.7 Å². The standard InChI is InChI=1S/C26H39N5O.HI/c1-3-27-26(30-20-23-11-13-25(14-12-23)28-15-18-32-2)29-19-22-7-9-24(10-8-22)21-31-16-5-4-6-17-31;/h7-14,28H,3-6,15-21H2,1-2H3,(H2,27,29,30);1H. The minimum absolute atomic E-state index is 0. The number of rotatable bonds is 11. The number of anilines is 1. The van der Waals surface area contributed by atoms with Crippen LogP contribution in [0.15, 0.2) is 53.5 Å². The number of nitrogens with zero attached hydrogens (tertiary/aromatic N) is 2. The van der Waals surface area contributed by atoms with E-state index in [4.69, 9.17) is 9.73 Å². The number of aliphatic imine (C=N–C) groups is 1. The normalized spacial score (nSPS) is 14.4. The van der Waals surface area contributed by atoms with Gasteiger partial charge in [0.2, 0.25) is 0 Å². The predicted octanol–water partition coefficient (Wildman–Crippen LogP) is 4.60. The van der Waals surface area contributed by atoms with Crippen LogP contribution in [0.2, 0.25) is 0 Å². The highest BCUT2D eigenvalue weighted by atomic mass is 127. The lowest BCUT2D eigenvalue weighted by atomic mass is 10.1. The summed E-state index contributed by atoms with van der Waals surface area (Å²) in [7, 11) is 1.71. The van der Waals surface area contributed by atoms with E-state index in [0.29, 0.717) is 13.2 Å². The molecule has 3 rings (SSSR count). The molecule has 2 aromatic carbocycles. The van der Waals surface area contributed by atoms with Crippen molar-refractivity contribution < 1.29 is 4.74 Å². The van der Waals surface area contributed by atoms with Crippen LogP contribution in [-0.4, -0.2) is 50.8 Å². The maximum absolute atomic E-state index is 5.07. The van der Waals surface area contributed by atoms with Crippen LogP contribution in [0.3, 0.4) is 0 Å². The largest absolute Gasteiger partial charge is 0.383 e. The molecule has 7 heteroatoms. The van der Waals surface area contributed by atoms with E-state index in [9.17, 15) is 0 Å². The molecule has 0 radical (unpaired) electrons. The topological polar surface area (TPSA) is 60.9 Å². The van der Waals surface area contributed by atoms with Crippen molar-refractivity contribution in [1.29, 1.82) is 0 Å². The third-order valence-corrected chi connectivity index (χ3v) is 5.69. The molecule has 1 aliphatic heterocycles. The van der Waals surface area contributed by atoms with Crippen molar-refractivity contribution >= 4 is 35.6 Å². The molecule has 0 aliphatic carbocycles. The van der Waals surface area contributed by atoms with E-state index in [1.54, 1.807) is 7.11 Å². The zero-order valence-corrected chi connectivity index (χ0v) is 22.4. The third kappa shape index (κ3) is 10.3. The van der Waals surface area contributed by atoms with Gasteiger partial charge in [-0.3, -0.25) is 4.90 Å². The third-order valence-electron chi connectivity index (χ3n) is 5.69. The van der Waals surface area contributed by atoms with Crippen LogP contribution >= 0.6 is 24.0 Å². The molecule has 0 bridgehead atoms. The molecular weight excluding hydrogens is 525 g/mol. The molecule has 6 nitrogen and oxygen atoms in total. The summed E-state index contributed by atoms with van der Waals surface area (Å²) in [5, 5.41) is 10.1. The van der Waals surface area contributed by atoms with E-state index in [1.165, 1.54) is 49.0 Å². The second kappa shape index (κ2) is 15.9. The first-order chi connectivity index (χ1) is 15.8. The number of hydrogen-bond acceptors (Lipinski definition) is 4. The first kappa shape index (κ1) is 27.4. The number of ether oxygens (including phenoxy) is 1. The Morgan fingerprint density at radius 3 is 2.24 bits per heavy atom. The molecule has 0 saturated carbocycles. The summed E-state index contributed by atoms with van der Waals surface area (Å²) in [6.07, 6.45) is 4.06. The molecule has 0 amide bonds. The van der Waals surface area contributed by atoms with Gasteiger partial charge in [-0.1, -0.05) is 42.8 Å². The number of piperidine rings is 1. The Hall–Kier alpha value is -1.84. The highest BCUT2D eigenvalue weighted by Crippen LogP contribution is 2.14. The van der Waals surface area contributed by atoms with Gasteiger partial charge in [-0.2, -0.15) is 0 Å². The highest BCUT2D eigenvalue weighted by molar-refractivity contribution is 14.0. The van der Waals surface area contributed by atoms with Crippen LogP contribution in [0.4, 0.5) is 5.69 Å². The summed E-state index contributed by atoms with van der Waals surface area (Å²) in [5.41, 5.74) is 4.95. The summed E-state index contributed by atoms with van der Waals surface area (Å²) >= 11 is 0. The van der Waals surface area contributed by atoms with E-state index in [2.05, 4.69) is 76.3 Å². The predicted molar refractivity (Wildman–Crippen MR) is 149 cm³/mol. The van der Waals surface area contributed by atoms with Gasteiger partial charge in [-0.25, -0.2) is 4.99 Å². The number of benzene rings is 2. The van der Waals surface area contributed by atoms with Gasteiger partial charge in [-0.15, -0.1) is 24.0 Å². The van der Waals surface area contributed by atoms with Crippen molar-refractivity contribution in [3.63, 3.8) is 0 Å². The van der Waals surface area contributed by atoms with Crippen LogP contribution in [0.1, 0.15) is 42.9 Å². The van der Waals surface area contributed by atoms with Gasteiger partial charge in [0, 0.05) is 39.0 Å². The van der Waals surface area contributed by atoms with E-state index < -0.39 is 0 Å². The maximum Gasteiger partial charge on any atom is 0.191 e. The Balaban J connectivity index is 0.00000385. The second-order valence-electron chi connectivity index (χ2n) is 8.32. The van der Waals surface area contributed by atoms with Gasteiger partial charge in [0.05, 0.1) is 13.2 Å². The van der Waals surface area contributed by atoms with Gasteiger partial charge in [-0.05, 0) is 61.7 Å². The molecule has 1 fully saturated rings. The fraction of sp³-hybridized carbons (Fsp3) is 0.500. The summed E-state index contributed by atoms with van der Waals surface area (Å²) < 4.78 is 5.07. The minimum atomic E-state index is 0. The fourth-order valence-corrected chi connectivity index (χ4v) is 3.86. The van der Waals surface area contributed by atoms with Crippen molar-refractivity contribution in [3.05, 3.63) is 65.2 Å². The Morgan fingerprint density at radius 1 is 0.909 bits per heavy atom. The first-order valence-corrected chi connectivity index (χ1v) is 11.9. The first-order valence-electron chi connectivity index (χ1n) is 11.9. The van der Waals surface area contributed by atoms with E-state index in [0.717, 1.165) is 37.8 Å². The lowest BCUT2D eigenvalue weighted by molar-refractivity contribution is 0.211. The average molecular weight is 566 g/mol. The number of halogens is 1. The zero-order valence-electron chi connectivity index (χ0n) is 20.1. The number of guanidine groups is 1. The lowest BCUT2D eigenvalue weighted by Crippen LogP contribution is -2.36. The number of hydrogen-bond donors (Lipinski definition) is 3. The lowest BCUT2D eigenvalue weighted by Gasteiger charge is -2.26. The zero-order chi connectivity index (χ0) is 22.4. The Labute approximate surface area is 216 Å². The SMILES string of the molecule is CCNC(=NCc1ccc(NCCOC)cc1)NCc1ccc(CN2CCCCC2)cc1.I. The van der Waals surface area contributed by atoms with E-state index in [1.807, 2.05) is 0 Å². The van der Waals surface area contributed by atoms with Crippen molar-refractivity contribution in [2.75, 3.05) is 45.2 Å². The summed E-state index contributed by atoms with van der Waals surface area (Å²) in [6, 6.07) is 17.4. The van der Waals surface area contributed by atoms with Crippen molar-refractivity contribution in [3.8, 4) is 0 Å². The van der Waals surface area contributed by atoms with Gasteiger partial charge >= 0.3 is 0 Å². The van der Waals surface area contributed by atoms with Gasteiger partial charge in [0.15, 0.2) is 5.96 Å². The average Bonchev–Trinajstić information content (AvgIpc) is 2.83. The molecule has 0 aromatic heterocycles. The molecule has 1 heterocycles. The van der Waals surface area contributed by atoms with Crippen LogP contribution in [-0.2, 0) is 24.4 Å². The Bertz CT molecular complexity index is 804. The molecule has 3 N–H and O–H groups in total. The van der Waals surface area contributed by atoms with Crippen LogP contribution < -0.4 is 16.0 Å². The summed E-state index contributed by atoms with van der Waals surface area (Å²) in [4.78, 5) is 7.31. The number of methoxy groups -OCH3 is 1. The van der Waals surface area contributed by atoms with Crippen LogP contribution in [0, 0.1) is 0 Å². The molecule has 182 valence electrons. The highest BCUT2D eigenvalue weighted by Gasteiger charge is 2.10. The molecule has 1 aliphatic rings. The molecule has 2 aromatic rings. The van der Waals surface area contributed by atoms with Gasteiger partial charge in [0.25, 0.3) is 0 Å². The number of nitrogens with one attached hydrogen (secondary N) is 3. The molecule has 0 atom stereocenters. The number of likely N-dealkylation sites (tertiary alicyclic amines) is 1. The summed E-state index contributed by atoms with van der Waals surface area (Å²) in [5.74, 6) is 0.840. The fourth-order valence-electron chi connectivity index (χ4n) is 3.86. The molecule has 0 spiro atoms. The minimum Gasteiger partial charge on any atom is -0.383 e. The monoisotopic (exact) mass is 565 g/mol. The van der Waals surface area contributed by atoms with Crippen molar-refractivity contribution in [2.45, 2.75) is 45.8 Å². The van der Waals surface area contributed by atoms with E-state index in [-0.39, 0.29) is 24.0 Å². The van der Waals surface area contributed by atoms with Gasteiger partial charge in [0.1, 0.15) is 0 Å². The summed E-state index contributed by atoms with van der Waals surface area (Å²) in [6.45, 7) is 9.37. The molecular formula is C26H40IN5O. The van der Waals surface area contributed by atoms with Crippen molar-refractivity contribution in [1.82, 2.24) is 15.5 Å². The van der Waals surface area contributed by atoms with E-state index >= 15 is 0 Å². The maximum atomic E-state index is 5.07. The molecule has 1 saturated heterocycles. The quantitative estimate of drug-likeness (QED) is 0.161. The Kier molecular flexibility index (Phi) is 13.2. The smallest absolute Gasteiger partial charge is 0.191 e. The second-order valence-corrected chi connectivity index (χ2v) is 8.32. The Morgan fingerprint density at radius 2 is 1.58 bits per heavy atom.